The summed E-state index contributed by atoms with van der Waals surface area (Å²) in [5.74, 6) is -1.14. The second-order valence-electron chi connectivity index (χ2n) is 6.24. The highest BCUT2D eigenvalue weighted by atomic mass is 19.1. The van der Waals surface area contributed by atoms with Crippen molar-refractivity contribution in [3.63, 3.8) is 0 Å². The SMILES string of the molecule is O=C(O)c1cccc(-n2c(/C=C/c3ccc(F)cc3)nc3ccncc3c2=O)c1. The normalized spacial score (nSPS) is 11.2. The molecule has 0 bridgehead atoms. The number of aromatic nitrogens is 3. The molecule has 0 radical (unpaired) electrons. The zero-order valence-corrected chi connectivity index (χ0v) is 15.0. The highest BCUT2D eigenvalue weighted by Crippen LogP contribution is 2.16. The second kappa shape index (κ2) is 7.47. The molecule has 4 aromatic rings. The minimum atomic E-state index is -1.10. The summed E-state index contributed by atoms with van der Waals surface area (Å²) in [6, 6.07) is 13.5. The van der Waals surface area contributed by atoms with Gasteiger partial charge in [-0.1, -0.05) is 24.3 Å². The van der Waals surface area contributed by atoms with E-state index in [1.807, 2.05) is 0 Å². The van der Waals surface area contributed by atoms with Gasteiger partial charge in [0.25, 0.3) is 5.56 Å². The summed E-state index contributed by atoms with van der Waals surface area (Å²) in [5.41, 5.74) is 1.24. The monoisotopic (exact) mass is 387 g/mol. The Labute approximate surface area is 164 Å². The first-order valence-electron chi connectivity index (χ1n) is 8.67. The van der Waals surface area contributed by atoms with Gasteiger partial charge in [-0.2, -0.15) is 0 Å². The van der Waals surface area contributed by atoms with Crippen LogP contribution in [0.15, 0.2) is 71.8 Å². The van der Waals surface area contributed by atoms with E-state index >= 15 is 0 Å². The molecule has 0 aliphatic rings. The minimum absolute atomic E-state index is 0.0501. The van der Waals surface area contributed by atoms with Crippen molar-refractivity contribution < 1.29 is 14.3 Å². The van der Waals surface area contributed by atoms with E-state index in [-0.39, 0.29) is 16.9 Å². The fourth-order valence-corrected chi connectivity index (χ4v) is 2.93. The van der Waals surface area contributed by atoms with E-state index in [0.717, 1.165) is 5.56 Å². The summed E-state index contributed by atoms with van der Waals surface area (Å²) in [6.45, 7) is 0. The van der Waals surface area contributed by atoms with Crippen LogP contribution < -0.4 is 5.56 Å². The van der Waals surface area contributed by atoms with Crippen LogP contribution in [-0.4, -0.2) is 25.6 Å². The van der Waals surface area contributed by atoms with Crippen LogP contribution in [0.3, 0.4) is 0 Å². The molecule has 0 aliphatic heterocycles. The van der Waals surface area contributed by atoms with E-state index in [1.54, 1.807) is 42.5 Å². The van der Waals surface area contributed by atoms with Gasteiger partial charge in [0.1, 0.15) is 11.6 Å². The molecule has 0 fully saturated rings. The average Bonchev–Trinajstić information content (AvgIpc) is 2.73. The molecule has 0 unspecified atom stereocenters. The molecule has 6 nitrogen and oxygen atoms in total. The van der Waals surface area contributed by atoms with Crippen LogP contribution in [0.25, 0.3) is 28.7 Å². The molecule has 2 heterocycles. The number of hydrogen-bond acceptors (Lipinski definition) is 4. The Hall–Kier alpha value is -4.13. The quantitative estimate of drug-likeness (QED) is 0.576. The largest absolute Gasteiger partial charge is 0.478 e. The Kier molecular flexibility index (Phi) is 4.70. The molecular formula is C22H14FN3O3. The predicted molar refractivity (Wildman–Crippen MR) is 107 cm³/mol. The molecule has 0 amide bonds. The van der Waals surface area contributed by atoms with Crippen molar-refractivity contribution in [2.75, 3.05) is 0 Å². The molecule has 142 valence electrons. The van der Waals surface area contributed by atoms with Crippen molar-refractivity contribution in [2.45, 2.75) is 0 Å². The molecular weight excluding hydrogens is 373 g/mol. The highest BCUT2D eigenvalue weighted by Gasteiger charge is 2.13. The summed E-state index contributed by atoms with van der Waals surface area (Å²) in [4.78, 5) is 33.0. The lowest BCUT2D eigenvalue weighted by Gasteiger charge is -2.12. The third-order valence-electron chi connectivity index (χ3n) is 4.34. The topological polar surface area (TPSA) is 85.1 Å². The number of carboxylic acids is 1. The Bertz CT molecular complexity index is 1310. The fraction of sp³-hybridized carbons (Fsp3) is 0. The van der Waals surface area contributed by atoms with Gasteiger partial charge in [0.15, 0.2) is 0 Å². The second-order valence-corrected chi connectivity index (χ2v) is 6.24. The third-order valence-corrected chi connectivity index (χ3v) is 4.34. The third kappa shape index (κ3) is 3.66. The number of carbonyl (C=O) groups is 1. The zero-order valence-electron chi connectivity index (χ0n) is 15.0. The summed E-state index contributed by atoms with van der Waals surface area (Å²) in [5, 5.41) is 9.60. The maximum Gasteiger partial charge on any atom is 0.335 e. The number of nitrogens with zero attached hydrogens (tertiary/aromatic N) is 3. The van der Waals surface area contributed by atoms with Crippen LogP contribution in [0, 0.1) is 5.82 Å². The summed E-state index contributed by atoms with van der Waals surface area (Å²) >= 11 is 0. The van der Waals surface area contributed by atoms with Crippen molar-refractivity contribution in [1.29, 1.82) is 0 Å². The molecule has 0 saturated heterocycles. The Morgan fingerprint density at radius 3 is 2.62 bits per heavy atom. The molecule has 0 aliphatic carbocycles. The minimum Gasteiger partial charge on any atom is -0.478 e. The van der Waals surface area contributed by atoms with Gasteiger partial charge < -0.3 is 5.11 Å². The molecule has 2 aromatic carbocycles. The highest BCUT2D eigenvalue weighted by molar-refractivity contribution is 5.88. The number of hydrogen-bond donors (Lipinski definition) is 1. The molecule has 4 rings (SSSR count). The number of carboxylic acid groups (broad SMARTS) is 1. The van der Waals surface area contributed by atoms with Gasteiger partial charge in [-0.15, -0.1) is 0 Å². The van der Waals surface area contributed by atoms with E-state index < -0.39 is 5.97 Å². The molecule has 29 heavy (non-hydrogen) atoms. The lowest BCUT2D eigenvalue weighted by atomic mass is 10.2. The molecule has 0 saturated carbocycles. The first-order chi connectivity index (χ1) is 14.0. The van der Waals surface area contributed by atoms with Gasteiger partial charge in [-0.3, -0.25) is 14.3 Å². The number of rotatable bonds is 4. The number of pyridine rings is 1. The summed E-state index contributed by atoms with van der Waals surface area (Å²) < 4.78 is 14.5. The standard InChI is InChI=1S/C22H14FN3O3/c23-16-7-4-14(5-8-16)6-9-20-25-19-10-11-24-13-18(19)21(27)26(20)17-3-1-2-15(12-17)22(28)29/h1-13H,(H,28,29)/b9-6+. The Balaban J connectivity index is 1.94. The summed E-state index contributed by atoms with van der Waals surface area (Å²) in [6.07, 6.45) is 6.29. The molecule has 0 spiro atoms. The van der Waals surface area contributed by atoms with Crippen molar-refractivity contribution in [3.05, 3.63) is 100 Å². The van der Waals surface area contributed by atoms with Crippen LogP contribution in [-0.2, 0) is 0 Å². The van der Waals surface area contributed by atoms with Gasteiger partial charge in [-0.05, 0) is 48.0 Å². The maximum absolute atomic E-state index is 13.1. The zero-order chi connectivity index (χ0) is 20.4. The van der Waals surface area contributed by atoms with Gasteiger partial charge in [-0.25, -0.2) is 14.2 Å². The van der Waals surface area contributed by atoms with Gasteiger partial charge in [0.2, 0.25) is 0 Å². The van der Waals surface area contributed by atoms with E-state index in [2.05, 4.69) is 9.97 Å². The van der Waals surface area contributed by atoms with Crippen LogP contribution in [0.1, 0.15) is 21.7 Å². The van der Waals surface area contributed by atoms with Gasteiger partial charge >= 0.3 is 5.97 Å². The van der Waals surface area contributed by atoms with Crippen LogP contribution in [0.4, 0.5) is 4.39 Å². The van der Waals surface area contributed by atoms with Crippen molar-refractivity contribution in [1.82, 2.24) is 14.5 Å². The smallest absolute Gasteiger partial charge is 0.335 e. The van der Waals surface area contributed by atoms with E-state index in [4.69, 9.17) is 0 Å². The van der Waals surface area contributed by atoms with Crippen LogP contribution in [0.2, 0.25) is 0 Å². The Morgan fingerprint density at radius 2 is 1.86 bits per heavy atom. The molecule has 1 N–H and O–H groups in total. The number of halogens is 1. The van der Waals surface area contributed by atoms with E-state index in [9.17, 15) is 19.1 Å². The van der Waals surface area contributed by atoms with Crippen molar-refractivity contribution in [3.8, 4) is 5.69 Å². The molecule has 0 atom stereocenters. The predicted octanol–water partition coefficient (Wildman–Crippen LogP) is 3.79. The van der Waals surface area contributed by atoms with E-state index in [1.165, 1.54) is 41.2 Å². The number of benzene rings is 2. The van der Waals surface area contributed by atoms with Gasteiger partial charge in [0.05, 0.1) is 22.2 Å². The van der Waals surface area contributed by atoms with Crippen molar-refractivity contribution >= 4 is 29.0 Å². The van der Waals surface area contributed by atoms with Crippen LogP contribution >= 0.6 is 0 Å². The average molecular weight is 387 g/mol. The lowest BCUT2D eigenvalue weighted by molar-refractivity contribution is 0.0697. The first-order valence-corrected chi connectivity index (χ1v) is 8.67. The first kappa shape index (κ1) is 18.2. The van der Waals surface area contributed by atoms with Crippen LogP contribution in [0.5, 0.6) is 0 Å². The number of fused-ring (bicyclic) bond motifs is 1. The molecule has 7 heteroatoms. The number of aromatic carboxylic acids is 1. The fourth-order valence-electron chi connectivity index (χ4n) is 2.93. The lowest BCUT2D eigenvalue weighted by Crippen LogP contribution is -2.22. The maximum atomic E-state index is 13.1. The van der Waals surface area contributed by atoms with Gasteiger partial charge in [0, 0.05) is 12.4 Å². The molecule has 2 aromatic heterocycles. The Morgan fingerprint density at radius 1 is 1.07 bits per heavy atom. The summed E-state index contributed by atoms with van der Waals surface area (Å²) in [7, 11) is 0. The van der Waals surface area contributed by atoms with E-state index in [0.29, 0.717) is 22.4 Å². The van der Waals surface area contributed by atoms with Crippen molar-refractivity contribution in [2.24, 2.45) is 0 Å².